The second kappa shape index (κ2) is 6.24. The molecule has 1 aliphatic rings. The van der Waals surface area contributed by atoms with Crippen molar-refractivity contribution in [1.82, 2.24) is 10.2 Å². The summed E-state index contributed by atoms with van der Waals surface area (Å²) in [5, 5.41) is 3.92. The zero-order chi connectivity index (χ0) is 11.5. The van der Waals surface area contributed by atoms with Crippen molar-refractivity contribution < 1.29 is 4.79 Å². The van der Waals surface area contributed by atoms with Crippen LogP contribution < -0.4 is 5.32 Å². The molecule has 3 nitrogen and oxygen atoms in total. The van der Waals surface area contributed by atoms with Crippen molar-refractivity contribution in [3.63, 3.8) is 0 Å². The minimum atomic E-state index is 0. The van der Waals surface area contributed by atoms with Gasteiger partial charge in [0.25, 0.3) is 5.91 Å². The van der Waals surface area contributed by atoms with E-state index in [0.717, 1.165) is 19.6 Å². The van der Waals surface area contributed by atoms with Crippen molar-refractivity contribution in [1.29, 1.82) is 0 Å². The molecule has 1 saturated heterocycles. The van der Waals surface area contributed by atoms with Gasteiger partial charge in [-0.3, -0.25) is 4.79 Å². The number of nitrogens with zero attached hydrogens (tertiary/aromatic N) is 1. The number of hydrogen-bond donors (Lipinski definition) is 1. The third-order valence-electron chi connectivity index (χ3n) is 2.85. The smallest absolute Gasteiger partial charge is 0.254 e. The van der Waals surface area contributed by atoms with E-state index in [4.69, 9.17) is 11.6 Å². The first-order valence-electron chi connectivity index (χ1n) is 5.46. The van der Waals surface area contributed by atoms with Crippen LogP contribution in [0.3, 0.4) is 0 Å². The summed E-state index contributed by atoms with van der Waals surface area (Å²) in [6, 6.07) is 7.30. The van der Waals surface area contributed by atoms with Gasteiger partial charge < -0.3 is 10.2 Å². The summed E-state index contributed by atoms with van der Waals surface area (Å²) in [4.78, 5) is 14.1. The fourth-order valence-corrected chi connectivity index (χ4v) is 2.03. The van der Waals surface area contributed by atoms with E-state index in [0.29, 0.717) is 10.6 Å². The van der Waals surface area contributed by atoms with Crippen LogP contribution in [0.15, 0.2) is 24.3 Å². The van der Waals surface area contributed by atoms with Gasteiger partial charge in [0, 0.05) is 36.3 Å². The van der Waals surface area contributed by atoms with E-state index in [9.17, 15) is 4.79 Å². The zero-order valence-corrected chi connectivity index (χ0v) is 11.2. The highest BCUT2D eigenvalue weighted by Gasteiger charge is 2.23. The van der Waals surface area contributed by atoms with Gasteiger partial charge in [-0.1, -0.05) is 11.6 Å². The van der Waals surface area contributed by atoms with Crippen LogP contribution in [0.5, 0.6) is 0 Å². The lowest BCUT2D eigenvalue weighted by molar-refractivity contribution is 0.0656. The normalized spacial score (nSPS) is 19.6. The van der Waals surface area contributed by atoms with Crippen LogP contribution in [-0.2, 0) is 0 Å². The molecule has 0 radical (unpaired) electrons. The Morgan fingerprint density at radius 1 is 1.41 bits per heavy atom. The number of amides is 1. The maximum absolute atomic E-state index is 12.2. The lowest BCUT2D eigenvalue weighted by atomic mass is 10.1. The first-order chi connectivity index (χ1) is 7.68. The zero-order valence-electron chi connectivity index (χ0n) is 9.65. The summed E-state index contributed by atoms with van der Waals surface area (Å²) in [5.41, 5.74) is 0.707. The van der Waals surface area contributed by atoms with E-state index in [1.54, 1.807) is 24.3 Å². The number of halogens is 2. The molecular formula is C12H16Cl2N2O. The van der Waals surface area contributed by atoms with Gasteiger partial charge in [-0.05, 0) is 31.2 Å². The maximum Gasteiger partial charge on any atom is 0.254 e. The number of hydrogen-bond acceptors (Lipinski definition) is 2. The van der Waals surface area contributed by atoms with Gasteiger partial charge in [0.15, 0.2) is 0 Å². The molecule has 1 atom stereocenters. The summed E-state index contributed by atoms with van der Waals surface area (Å²) >= 11 is 5.80. The van der Waals surface area contributed by atoms with Gasteiger partial charge in [-0.2, -0.15) is 0 Å². The highest BCUT2D eigenvalue weighted by Crippen LogP contribution is 2.13. The Balaban J connectivity index is 0.00000144. The number of carbonyl (C=O) groups is 1. The molecule has 1 heterocycles. The van der Waals surface area contributed by atoms with Crippen molar-refractivity contribution in [2.45, 2.75) is 13.0 Å². The fraction of sp³-hybridized carbons (Fsp3) is 0.417. The molecular weight excluding hydrogens is 259 g/mol. The molecule has 0 aliphatic carbocycles. The summed E-state index contributed by atoms with van der Waals surface area (Å²) in [6.07, 6.45) is 0. The average Bonchev–Trinajstić information content (AvgIpc) is 2.30. The monoisotopic (exact) mass is 274 g/mol. The van der Waals surface area contributed by atoms with Crippen LogP contribution in [0, 0.1) is 0 Å². The molecule has 0 unspecified atom stereocenters. The van der Waals surface area contributed by atoms with Crippen LogP contribution in [0.4, 0.5) is 0 Å². The Hall–Kier alpha value is -0.770. The third-order valence-corrected chi connectivity index (χ3v) is 3.11. The van der Waals surface area contributed by atoms with E-state index in [2.05, 4.69) is 12.2 Å². The van der Waals surface area contributed by atoms with Crippen LogP contribution in [-0.4, -0.2) is 36.5 Å². The highest BCUT2D eigenvalue weighted by molar-refractivity contribution is 6.30. The van der Waals surface area contributed by atoms with Gasteiger partial charge in [-0.15, -0.1) is 12.4 Å². The lowest BCUT2D eigenvalue weighted by Crippen LogP contribution is -2.52. The van der Waals surface area contributed by atoms with E-state index in [1.165, 1.54) is 0 Å². The Bertz CT molecular complexity index is 381. The maximum atomic E-state index is 12.2. The van der Waals surface area contributed by atoms with Crippen molar-refractivity contribution in [2.24, 2.45) is 0 Å². The molecule has 0 saturated carbocycles. The van der Waals surface area contributed by atoms with E-state index in [1.807, 2.05) is 4.90 Å². The Morgan fingerprint density at radius 3 is 2.65 bits per heavy atom. The molecule has 1 aliphatic heterocycles. The van der Waals surface area contributed by atoms with Gasteiger partial charge >= 0.3 is 0 Å². The molecule has 0 bridgehead atoms. The first-order valence-corrected chi connectivity index (χ1v) is 5.83. The standard InChI is InChI=1S/C12H15ClN2O.ClH/c1-9-8-14-6-7-15(9)12(16)10-2-4-11(13)5-3-10;/h2-5,9,14H,6-8H2,1H3;1H/t9-;/m1./s1. The largest absolute Gasteiger partial charge is 0.333 e. The number of carbonyl (C=O) groups excluding carboxylic acids is 1. The minimum Gasteiger partial charge on any atom is -0.333 e. The second-order valence-electron chi connectivity index (χ2n) is 4.06. The molecule has 94 valence electrons. The number of piperazine rings is 1. The fourth-order valence-electron chi connectivity index (χ4n) is 1.90. The van der Waals surface area contributed by atoms with Gasteiger partial charge in [0.05, 0.1) is 0 Å². The van der Waals surface area contributed by atoms with Crippen molar-refractivity contribution in [2.75, 3.05) is 19.6 Å². The van der Waals surface area contributed by atoms with Crippen LogP contribution in [0.1, 0.15) is 17.3 Å². The Morgan fingerprint density at radius 2 is 2.06 bits per heavy atom. The third kappa shape index (κ3) is 3.35. The van der Waals surface area contributed by atoms with Gasteiger partial charge in [0.1, 0.15) is 0 Å². The minimum absolute atomic E-state index is 0. The average molecular weight is 275 g/mol. The lowest BCUT2D eigenvalue weighted by Gasteiger charge is -2.34. The highest BCUT2D eigenvalue weighted by atomic mass is 35.5. The van der Waals surface area contributed by atoms with Crippen LogP contribution in [0.25, 0.3) is 0 Å². The summed E-state index contributed by atoms with van der Waals surface area (Å²) in [6.45, 7) is 4.55. The number of benzene rings is 1. The SMILES string of the molecule is C[C@@H]1CNCCN1C(=O)c1ccc(Cl)cc1.Cl. The van der Waals surface area contributed by atoms with Crippen LogP contribution in [0.2, 0.25) is 5.02 Å². The summed E-state index contributed by atoms with van der Waals surface area (Å²) in [7, 11) is 0. The molecule has 17 heavy (non-hydrogen) atoms. The molecule has 1 N–H and O–H groups in total. The molecule has 2 rings (SSSR count). The van der Waals surface area contributed by atoms with E-state index >= 15 is 0 Å². The van der Waals surface area contributed by atoms with Gasteiger partial charge in [0.2, 0.25) is 0 Å². The molecule has 5 heteroatoms. The predicted molar refractivity (Wildman–Crippen MR) is 72.1 cm³/mol. The van der Waals surface area contributed by atoms with Gasteiger partial charge in [-0.25, -0.2) is 0 Å². The predicted octanol–water partition coefficient (Wildman–Crippen LogP) is 2.20. The summed E-state index contributed by atoms with van der Waals surface area (Å²) < 4.78 is 0. The molecule has 1 aromatic carbocycles. The number of nitrogens with one attached hydrogen (secondary N) is 1. The molecule has 0 aromatic heterocycles. The second-order valence-corrected chi connectivity index (χ2v) is 4.50. The first kappa shape index (κ1) is 14.3. The van der Waals surface area contributed by atoms with E-state index < -0.39 is 0 Å². The molecule has 0 spiro atoms. The quantitative estimate of drug-likeness (QED) is 0.852. The molecule has 1 fully saturated rings. The number of rotatable bonds is 1. The molecule has 1 amide bonds. The molecule has 1 aromatic rings. The summed E-state index contributed by atoms with van der Waals surface area (Å²) in [5.74, 6) is 0.0886. The topological polar surface area (TPSA) is 32.3 Å². The van der Waals surface area contributed by atoms with Crippen molar-refractivity contribution in [3.05, 3.63) is 34.9 Å². The Kier molecular flexibility index (Phi) is 5.25. The Labute approximate surface area is 113 Å². The van der Waals surface area contributed by atoms with Crippen molar-refractivity contribution >= 4 is 29.9 Å². The van der Waals surface area contributed by atoms with Crippen LogP contribution >= 0.6 is 24.0 Å². The van der Waals surface area contributed by atoms with Crippen molar-refractivity contribution in [3.8, 4) is 0 Å². The van der Waals surface area contributed by atoms with E-state index in [-0.39, 0.29) is 24.4 Å².